The molecule has 2 aromatic carbocycles. The number of esters is 1. The number of hydrogen-bond donors (Lipinski definition) is 2. The van der Waals surface area contributed by atoms with Crippen LogP contribution in [0, 0.1) is 29.9 Å². The number of hydrogen-bond acceptors (Lipinski definition) is 7. The van der Waals surface area contributed by atoms with Gasteiger partial charge in [-0.3, -0.25) is 39.7 Å². The SMILES string of the molecule is Cc1ccc(C)c(NC(=O)COC(=O)[C@H]2CC(=O)N(NC(=O)c3ccc([N+](=O)[O-])cc3)C2)c1. The molecule has 2 N–H and O–H groups in total. The van der Waals surface area contributed by atoms with Gasteiger partial charge in [0.2, 0.25) is 5.91 Å². The molecule has 1 heterocycles. The van der Waals surface area contributed by atoms with E-state index in [1.807, 2.05) is 26.0 Å². The average Bonchev–Trinajstić information content (AvgIpc) is 3.14. The number of ether oxygens (including phenoxy) is 1. The highest BCUT2D eigenvalue weighted by molar-refractivity contribution is 5.97. The second-order valence-electron chi connectivity index (χ2n) is 7.62. The van der Waals surface area contributed by atoms with E-state index in [-0.39, 0.29) is 24.2 Å². The fourth-order valence-electron chi connectivity index (χ4n) is 3.21. The minimum absolute atomic E-state index is 0.113. The lowest BCUT2D eigenvalue weighted by molar-refractivity contribution is -0.384. The third-order valence-corrected chi connectivity index (χ3v) is 5.05. The van der Waals surface area contributed by atoms with Crippen molar-refractivity contribution in [2.24, 2.45) is 5.92 Å². The number of non-ortho nitro benzene ring substituents is 1. The number of amides is 3. The molecule has 0 spiro atoms. The van der Waals surface area contributed by atoms with Crippen molar-refractivity contribution in [3.8, 4) is 0 Å². The molecule has 3 amide bonds. The van der Waals surface area contributed by atoms with E-state index in [0.29, 0.717) is 5.69 Å². The van der Waals surface area contributed by atoms with Crippen molar-refractivity contribution in [1.82, 2.24) is 10.4 Å². The lowest BCUT2D eigenvalue weighted by Crippen LogP contribution is -2.43. The van der Waals surface area contributed by atoms with Crippen LogP contribution in [0.2, 0.25) is 0 Å². The minimum Gasteiger partial charge on any atom is -0.455 e. The summed E-state index contributed by atoms with van der Waals surface area (Å²) in [4.78, 5) is 59.0. The van der Waals surface area contributed by atoms with Gasteiger partial charge in [-0.05, 0) is 43.2 Å². The first-order valence-corrected chi connectivity index (χ1v) is 10.0. The molecule has 0 aromatic heterocycles. The molecule has 1 aliphatic heterocycles. The van der Waals surface area contributed by atoms with Gasteiger partial charge in [-0.15, -0.1) is 0 Å². The summed E-state index contributed by atoms with van der Waals surface area (Å²) in [5.74, 6) is -3.23. The summed E-state index contributed by atoms with van der Waals surface area (Å²) >= 11 is 0. The topological polar surface area (TPSA) is 148 Å². The van der Waals surface area contributed by atoms with Gasteiger partial charge >= 0.3 is 5.97 Å². The summed E-state index contributed by atoms with van der Waals surface area (Å²) in [6.45, 7) is 3.10. The molecule has 1 atom stereocenters. The average molecular weight is 454 g/mol. The Morgan fingerprint density at radius 2 is 1.85 bits per heavy atom. The molecule has 33 heavy (non-hydrogen) atoms. The molecular weight excluding hydrogens is 432 g/mol. The molecule has 0 radical (unpaired) electrons. The highest BCUT2D eigenvalue weighted by atomic mass is 16.6. The number of aryl methyl sites for hydroxylation is 2. The van der Waals surface area contributed by atoms with Gasteiger partial charge in [0.15, 0.2) is 6.61 Å². The molecule has 172 valence electrons. The van der Waals surface area contributed by atoms with E-state index in [9.17, 15) is 29.3 Å². The first-order chi connectivity index (χ1) is 15.6. The van der Waals surface area contributed by atoms with Crippen molar-refractivity contribution < 1.29 is 28.8 Å². The van der Waals surface area contributed by atoms with E-state index in [2.05, 4.69) is 10.7 Å². The fraction of sp³-hybridized carbons (Fsp3) is 0.273. The number of benzene rings is 2. The summed E-state index contributed by atoms with van der Waals surface area (Å²) in [5.41, 5.74) is 4.76. The smallest absolute Gasteiger partial charge is 0.311 e. The Labute approximate surface area is 188 Å². The number of carbonyl (C=O) groups is 4. The number of nitrogens with one attached hydrogen (secondary N) is 2. The zero-order valence-corrected chi connectivity index (χ0v) is 18.0. The minimum atomic E-state index is -0.844. The predicted octanol–water partition coefficient (Wildman–Crippen LogP) is 1.89. The van der Waals surface area contributed by atoms with Crippen LogP contribution in [-0.2, 0) is 19.1 Å². The van der Waals surface area contributed by atoms with Gasteiger partial charge in [-0.2, -0.15) is 0 Å². The molecule has 11 heteroatoms. The molecule has 0 saturated carbocycles. The largest absolute Gasteiger partial charge is 0.455 e. The Morgan fingerprint density at radius 3 is 2.52 bits per heavy atom. The Balaban J connectivity index is 1.50. The van der Waals surface area contributed by atoms with Gasteiger partial charge < -0.3 is 10.1 Å². The van der Waals surface area contributed by atoms with Gasteiger partial charge in [0.25, 0.3) is 17.5 Å². The second kappa shape index (κ2) is 9.90. The maximum absolute atomic E-state index is 12.3. The Kier molecular flexibility index (Phi) is 7.01. The summed E-state index contributed by atoms with van der Waals surface area (Å²) in [6, 6.07) is 10.4. The third kappa shape index (κ3) is 5.91. The Bertz CT molecular complexity index is 1110. The van der Waals surface area contributed by atoms with Crippen molar-refractivity contribution in [2.45, 2.75) is 20.3 Å². The van der Waals surface area contributed by atoms with Gasteiger partial charge in [0.05, 0.1) is 17.4 Å². The first kappa shape index (κ1) is 23.4. The number of carbonyl (C=O) groups excluding carboxylic acids is 4. The van der Waals surface area contributed by atoms with Crippen molar-refractivity contribution in [1.29, 1.82) is 0 Å². The maximum atomic E-state index is 12.3. The summed E-state index contributed by atoms with van der Waals surface area (Å²) in [5, 5.41) is 14.4. The first-order valence-electron chi connectivity index (χ1n) is 10.0. The van der Waals surface area contributed by atoms with Crippen LogP contribution in [-0.4, -0.2) is 46.8 Å². The van der Waals surface area contributed by atoms with Gasteiger partial charge in [0.1, 0.15) is 0 Å². The van der Waals surface area contributed by atoms with Crippen LogP contribution in [0.5, 0.6) is 0 Å². The predicted molar refractivity (Wildman–Crippen MR) is 116 cm³/mol. The van der Waals surface area contributed by atoms with Crippen molar-refractivity contribution >= 4 is 35.1 Å². The van der Waals surface area contributed by atoms with Crippen molar-refractivity contribution in [3.05, 3.63) is 69.3 Å². The molecule has 0 bridgehead atoms. The maximum Gasteiger partial charge on any atom is 0.311 e. The summed E-state index contributed by atoms with van der Waals surface area (Å²) < 4.78 is 5.05. The standard InChI is InChI=1S/C22H22N4O7/c1-13-3-4-14(2)18(9-13)23-19(27)12-33-22(30)16-10-20(28)25(11-16)24-21(29)15-5-7-17(8-6-15)26(31)32/h3-9,16H,10-12H2,1-2H3,(H,23,27)(H,24,29)/t16-/m0/s1. The van der Waals surface area contributed by atoms with Crippen molar-refractivity contribution in [3.63, 3.8) is 0 Å². The monoisotopic (exact) mass is 454 g/mol. The molecule has 1 saturated heterocycles. The van der Waals surface area contributed by atoms with Crippen LogP contribution in [0.25, 0.3) is 0 Å². The summed E-state index contributed by atoms with van der Waals surface area (Å²) in [6.07, 6.45) is -0.183. The van der Waals surface area contributed by atoms with E-state index in [4.69, 9.17) is 4.74 Å². The zero-order chi connectivity index (χ0) is 24.1. The van der Waals surface area contributed by atoms with Crippen LogP contribution in [0.3, 0.4) is 0 Å². The van der Waals surface area contributed by atoms with Crippen LogP contribution in [0.15, 0.2) is 42.5 Å². The quantitative estimate of drug-likeness (QED) is 0.369. The van der Waals surface area contributed by atoms with E-state index in [0.717, 1.165) is 16.1 Å². The van der Waals surface area contributed by atoms with Gasteiger partial charge in [-0.1, -0.05) is 12.1 Å². The molecular formula is C22H22N4O7. The molecule has 3 rings (SSSR count). The lowest BCUT2D eigenvalue weighted by Gasteiger charge is -2.17. The number of nitro groups is 1. The lowest BCUT2D eigenvalue weighted by atomic mass is 10.1. The second-order valence-corrected chi connectivity index (χ2v) is 7.62. The summed E-state index contributed by atoms with van der Waals surface area (Å²) in [7, 11) is 0. The highest BCUT2D eigenvalue weighted by Crippen LogP contribution is 2.19. The van der Waals surface area contributed by atoms with Crippen molar-refractivity contribution in [2.75, 3.05) is 18.5 Å². The molecule has 0 unspecified atom stereocenters. The number of nitro benzene ring substituents is 1. The van der Waals surface area contributed by atoms with E-state index in [1.54, 1.807) is 6.07 Å². The van der Waals surface area contributed by atoms with E-state index in [1.165, 1.54) is 24.3 Å². The molecule has 0 aliphatic carbocycles. The number of hydrazine groups is 1. The van der Waals surface area contributed by atoms with Crippen LogP contribution >= 0.6 is 0 Å². The Hall–Kier alpha value is -4.28. The number of nitrogens with zero attached hydrogens (tertiary/aromatic N) is 2. The van der Waals surface area contributed by atoms with Crippen LogP contribution in [0.1, 0.15) is 27.9 Å². The van der Waals surface area contributed by atoms with Crippen LogP contribution in [0.4, 0.5) is 11.4 Å². The van der Waals surface area contributed by atoms with E-state index < -0.39 is 41.1 Å². The number of anilines is 1. The van der Waals surface area contributed by atoms with Gasteiger partial charge in [0, 0.05) is 29.8 Å². The third-order valence-electron chi connectivity index (χ3n) is 5.05. The molecule has 1 aliphatic rings. The molecule has 1 fully saturated rings. The fourth-order valence-corrected chi connectivity index (χ4v) is 3.21. The zero-order valence-electron chi connectivity index (χ0n) is 18.0. The molecule has 2 aromatic rings. The normalized spacial score (nSPS) is 15.2. The molecule has 11 nitrogen and oxygen atoms in total. The number of rotatable bonds is 7. The van der Waals surface area contributed by atoms with Gasteiger partial charge in [-0.25, -0.2) is 0 Å². The van der Waals surface area contributed by atoms with Crippen LogP contribution < -0.4 is 10.7 Å². The van der Waals surface area contributed by atoms with E-state index >= 15 is 0 Å². The highest BCUT2D eigenvalue weighted by Gasteiger charge is 2.36. The Morgan fingerprint density at radius 1 is 1.15 bits per heavy atom.